The van der Waals surface area contributed by atoms with E-state index in [1.165, 1.54) is 0 Å². The lowest BCUT2D eigenvalue weighted by molar-refractivity contribution is -0.145. The standard InChI is InChI=1S/C9H12O4/c1-5(2)8(10)13-7-4-12-9(11)6(7)3/h6-7H,1,4H2,2-3H3. The van der Waals surface area contributed by atoms with Gasteiger partial charge < -0.3 is 9.47 Å². The third-order valence-corrected chi connectivity index (χ3v) is 1.93. The molecule has 13 heavy (non-hydrogen) atoms. The molecule has 0 aromatic carbocycles. The van der Waals surface area contributed by atoms with Gasteiger partial charge in [0.25, 0.3) is 0 Å². The van der Waals surface area contributed by atoms with Crippen LogP contribution in [-0.2, 0) is 19.1 Å². The summed E-state index contributed by atoms with van der Waals surface area (Å²) in [6.45, 7) is 6.83. The summed E-state index contributed by atoms with van der Waals surface area (Å²) >= 11 is 0. The highest BCUT2D eigenvalue weighted by atomic mass is 16.6. The second-order valence-electron chi connectivity index (χ2n) is 3.14. The fraction of sp³-hybridized carbons (Fsp3) is 0.556. The molecule has 0 saturated carbocycles. The predicted octanol–water partition coefficient (Wildman–Crippen LogP) is 0.667. The summed E-state index contributed by atoms with van der Waals surface area (Å²) in [4.78, 5) is 22.0. The van der Waals surface area contributed by atoms with Crippen LogP contribution in [0, 0.1) is 5.92 Å². The summed E-state index contributed by atoms with van der Waals surface area (Å²) in [7, 11) is 0. The normalized spacial score (nSPS) is 26.8. The van der Waals surface area contributed by atoms with Gasteiger partial charge in [-0.25, -0.2) is 4.79 Å². The maximum atomic E-state index is 11.1. The van der Waals surface area contributed by atoms with Gasteiger partial charge in [-0.2, -0.15) is 0 Å². The van der Waals surface area contributed by atoms with Crippen LogP contribution in [0.25, 0.3) is 0 Å². The Balaban J connectivity index is 2.51. The Morgan fingerprint density at radius 1 is 1.69 bits per heavy atom. The predicted molar refractivity (Wildman–Crippen MR) is 44.8 cm³/mol. The molecule has 0 amide bonds. The lowest BCUT2D eigenvalue weighted by atomic mass is 10.1. The highest BCUT2D eigenvalue weighted by molar-refractivity contribution is 5.87. The van der Waals surface area contributed by atoms with Crippen molar-refractivity contribution in [3.63, 3.8) is 0 Å². The van der Waals surface area contributed by atoms with Crippen molar-refractivity contribution in [3.8, 4) is 0 Å². The molecule has 0 aliphatic carbocycles. The van der Waals surface area contributed by atoms with E-state index in [1.807, 2.05) is 0 Å². The molecule has 0 N–H and O–H groups in total. The molecular weight excluding hydrogens is 172 g/mol. The molecule has 0 spiro atoms. The second kappa shape index (κ2) is 3.60. The van der Waals surface area contributed by atoms with Gasteiger partial charge in [0.2, 0.25) is 0 Å². The van der Waals surface area contributed by atoms with E-state index < -0.39 is 12.1 Å². The number of esters is 2. The molecule has 1 saturated heterocycles. The summed E-state index contributed by atoms with van der Waals surface area (Å²) < 4.78 is 9.68. The van der Waals surface area contributed by atoms with Gasteiger partial charge in [0, 0.05) is 5.57 Å². The lowest BCUT2D eigenvalue weighted by Gasteiger charge is -2.11. The first-order chi connectivity index (χ1) is 6.02. The number of cyclic esters (lactones) is 1. The van der Waals surface area contributed by atoms with Crippen molar-refractivity contribution in [3.05, 3.63) is 12.2 Å². The number of carbonyl (C=O) groups is 2. The molecule has 0 bridgehead atoms. The van der Waals surface area contributed by atoms with Crippen molar-refractivity contribution < 1.29 is 19.1 Å². The molecule has 0 aromatic heterocycles. The summed E-state index contributed by atoms with van der Waals surface area (Å²) in [5.74, 6) is -1.17. The third-order valence-electron chi connectivity index (χ3n) is 1.93. The van der Waals surface area contributed by atoms with Crippen LogP contribution in [0.15, 0.2) is 12.2 Å². The minimum absolute atomic E-state index is 0.152. The van der Waals surface area contributed by atoms with Crippen LogP contribution >= 0.6 is 0 Å². The van der Waals surface area contributed by atoms with Gasteiger partial charge >= 0.3 is 11.9 Å². The van der Waals surface area contributed by atoms with Gasteiger partial charge in [0.05, 0.1) is 5.92 Å². The number of ether oxygens (including phenoxy) is 2. The molecule has 1 rings (SSSR count). The Labute approximate surface area is 76.5 Å². The van der Waals surface area contributed by atoms with E-state index in [9.17, 15) is 9.59 Å². The monoisotopic (exact) mass is 184 g/mol. The molecule has 4 nitrogen and oxygen atoms in total. The summed E-state index contributed by atoms with van der Waals surface area (Å²) in [6, 6.07) is 0. The largest absolute Gasteiger partial charge is 0.461 e. The van der Waals surface area contributed by atoms with E-state index in [0.717, 1.165) is 0 Å². The van der Waals surface area contributed by atoms with Crippen molar-refractivity contribution in [2.24, 2.45) is 5.92 Å². The number of hydrogen-bond donors (Lipinski definition) is 0. The Morgan fingerprint density at radius 2 is 2.31 bits per heavy atom. The van der Waals surface area contributed by atoms with Crippen LogP contribution < -0.4 is 0 Å². The molecule has 1 fully saturated rings. The van der Waals surface area contributed by atoms with E-state index in [4.69, 9.17) is 9.47 Å². The van der Waals surface area contributed by atoms with Crippen LogP contribution in [0.1, 0.15) is 13.8 Å². The number of carbonyl (C=O) groups excluding carboxylic acids is 2. The Bertz CT molecular complexity index is 256. The van der Waals surface area contributed by atoms with Crippen molar-refractivity contribution >= 4 is 11.9 Å². The van der Waals surface area contributed by atoms with Gasteiger partial charge in [-0.1, -0.05) is 6.58 Å². The van der Waals surface area contributed by atoms with E-state index in [2.05, 4.69) is 6.58 Å². The molecule has 0 aromatic rings. The van der Waals surface area contributed by atoms with Crippen LogP contribution in [-0.4, -0.2) is 24.6 Å². The van der Waals surface area contributed by atoms with E-state index in [-0.39, 0.29) is 18.5 Å². The Hall–Kier alpha value is -1.32. The fourth-order valence-corrected chi connectivity index (χ4v) is 0.966. The molecular formula is C9H12O4. The van der Waals surface area contributed by atoms with Gasteiger partial charge in [-0.3, -0.25) is 4.79 Å². The van der Waals surface area contributed by atoms with Crippen LogP contribution in [0.2, 0.25) is 0 Å². The summed E-state index contributed by atoms with van der Waals surface area (Å²) in [5.41, 5.74) is 0.326. The fourth-order valence-electron chi connectivity index (χ4n) is 0.966. The quantitative estimate of drug-likeness (QED) is 0.467. The smallest absolute Gasteiger partial charge is 0.333 e. The highest BCUT2D eigenvalue weighted by Gasteiger charge is 2.35. The van der Waals surface area contributed by atoms with Crippen LogP contribution in [0.4, 0.5) is 0 Å². The number of rotatable bonds is 2. The van der Waals surface area contributed by atoms with Gasteiger partial charge in [-0.15, -0.1) is 0 Å². The molecule has 1 aliphatic heterocycles. The SMILES string of the molecule is C=C(C)C(=O)OC1COC(=O)C1C. The summed E-state index contributed by atoms with van der Waals surface area (Å²) in [5, 5.41) is 0. The molecule has 2 atom stereocenters. The molecule has 4 heteroatoms. The molecule has 1 heterocycles. The van der Waals surface area contributed by atoms with Crippen molar-refractivity contribution in [1.82, 2.24) is 0 Å². The van der Waals surface area contributed by atoms with Crippen molar-refractivity contribution in [2.45, 2.75) is 20.0 Å². The van der Waals surface area contributed by atoms with Crippen molar-refractivity contribution in [2.75, 3.05) is 6.61 Å². The second-order valence-corrected chi connectivity index (χ2v) is 3.14. The maximum Gasteiger partial charge on any atom is 0.333 e. The number of hydrogen-bond acceptors (Lipinski definition) is 4. The van der Waals surface area contributed by atoms with Crippen LogP contribution in [0.5, 0.6) is 0 Å². The first kappa shape index (κ1) is 9.77. The van der Waals surface area contributed by atoms with Gasteiger partial charge in [0.15, 0.2) is 0 Å². The Morgan fingerprint density at radius 3 is 2.69 bits per heavy atom. The lowest BCUT2D eigenvalue weighted by Crippen LogP contribution is -2.25. The Kier molecular flexibility index (Phi) is 2.70. The van der Waals surface area contributed by atoms with Gasteiger partial charge in [-0.05, 0) is 13.8 Å². The third kappa shape index (κ3) is 2.08. The molecule has 0 radical (unpaired) electrons. The highest BCUT2D eigenvalue weighted by Crippen LogP contribution is 2.18. The molecule has 2 unspecified atom stereocenters. The molecule has 1 aliphatic rings. The first-order valence-electron chi connectivity index (χ1n) is 4.05. The average molecular weight is 184 g/mol. The zero-order valence-electron chi connectivity index (χ0n) is 7.70. The molecule has 72 valence electrons. The topological polar surface area (TPSA) is 52.6 Å². The van der Waals surface area contributed by atoms with E-state index in [0.29, 0.717) is 5.57 Å². The van der Waals surface area contributed by atoms with Crippen molar-refractivity contribution in [1.29, 1.82) is 0 Å². The average Bonchev–Trinajstić information content (AvgIpc) is 2.36. The minimum atomic E-state index is -0.477. The van der Waals surface area contributed by atoms with E-state index in [1.54, 1.807) is 13.8 Å². The van der Waals surface area contributed by atoms with E-state index >= 15 is 0 Å². The minimum Gasteiger partial charge on any atom is -0.461 e. The zero-order chi connectivity index (χ0) is 10.0. The van der Waals surface area contributed by atoms with Gasteiger partial charge in [0.1, 0.15) is 12.7 Å². The zero-order valence-corrected chi connectivity index (χ0v) is 7.70. The maximum absolute atomic E-state index is 11.1. The summed E-state index contributed by atoms with van der Waals surface area (Å²) in [6.07, 6.45) is -0.461. The van der Waals surface area contributed by atoms with Crippen LogP contribution in [0.3, 0.4) is 0 Å². The first-order valence-corrected chi connectivity index (χ1v) is 4.05.